The lowest BCUT2D eigenvalue weighted by molar-refractivity contribution is -0.223. The summed E-state index contributed by atoms with van der Waals surface area (Å²) < 4.78 is 22.2. The van der Waals surface area contributed by atoms with Crippen molar-refractivity contribution in [1.82, 2.24) is 0 Å². The molecule has 0 aliphatic carbocycles. The van der Waals surface area contributed by atoms with E-state index in [0.717, 1.165) is 0 Å². The van der Waals surface area contributed by atoms with Gasteiger partial charge >= 0.3 is 5.97 Å². The third-order valence-electron chi connectivity index (χ3n) is 5.65. The average Bonchev–Trinajstić information content (AvgIpc) is 2.70. The lowest BCUT2D eigenvalue weighted by atomic mass is 9.92. The Kier molecular flexibility index (Phi) is 9.44. The number of hydrogen-bond acceptors (Lipinski definition) is 8. The number of ketones is 1. The van der Waals surface area contributed by atoms with Gasteiger partial charge in [-0.3, -0.25) is 4.79 Å². The van der Waals surface area contributed by atoms with Crippen molar-refractivity contribution in [1.29, 1.82) is 0 Å². The van der Waals surface area contributed by atoms with Crippen LogP contribution in [-0.4, -0.2) is 59.5 Å². The zero-order valence-electron chi connectivity index (χ0n) is 20.0. The minimum Gasteiger partial charge on any atom is -0.457 e. The SMILES string of the molecule is CC[C@@H](O)[C@@](C)(O)/C=C(\C)C(=O)CCC(CCC1=C(C)C(=O)OC(C)(C)O1)(OC)OC. The van der Waals surface area contributed by atoms with Crippen molar-refractivity contribution in [3.05, 3.63) is 23.0 Å². The molecule has 0 bridgehead atoms. The Hall–Kier alpha value is -1.74. The van der Waals surface area contributed by atoms with E-state index in [1.165, 1.54) is 27.2 Å². The summed E-state index contributed by atoms with van der Waals surface area (Å²) in [6, 6.07) is 0. The fraction of sp³-hybridized carbons (Fsp3) is 0.739. The molecule has 0 aromatic heterocycles. The van der Waals surface area contributed by atoms with Crippen molar-refractivity contribution in [3.8, 4) is 0 Å². The van der Waals surface area contributed by atoms with Crippen molar-refractivity contribution in [2.24, 2.45) is 0 Å². The maximum atomic E-state index is 12.6. The number of rotatable bonds is 12. The number of ether oxygens (including phenoxy) is 4. The van der Waals surface area contributed by atoms with E-state index in [1.807, 2.05) is 0 Å². The predicted molar refractivity (Wildman–Crippen MR) is 115 cm³/mol. The van der Waals surface area contributed by atoms with Crippen LogP contribution in [0.25, 0.3) is 0 Å². The van der Waals surface area contributed by atoms with Gasteiger partial charge in [0.15, 0.2) is 11.6 Å². The summed E-state index contributed by atoms with van der Waals surface area (Å²) in [4.78, 5) is 24.7. The van der Waals surface area contributed by atoms with Gasteiger partial charge in [-0.15, -0.1) is 0 Å². The zero-order valence-corrected chi connectivity index (χ0v) is 20.0. The summed E-state index contributed by atoms with van der Waals surface area (Å²) >= 11 is 0. The molecule has 0 fully saturated rings. The molecule has 0 saturated heterocycles. The van der Waals surface area contributed by atoms with Gasteiger partial charge < -0.3 is 29.2 Å². The fourth-order valence-corrected chi connectivity index (χ4v) is 3.50. The summed E-state index contributed by atoms with van der Waals surface area (Å²) in [5, 5.41) is 20.3. The standard InChI is InChI=1S/C23H38O8/c1-9-19(25)22(6,27)14-15(2)17(24)10-12-23(28-7,29-8)13-11-18-16(3)20(26)31-21(4,5)30-18/h14,19,25,27H,9-13H2,1-8H3/b15-14+/t19-,22+/m1/s1. The molecule has 8 nitrogen and oxygen atoms in total. The summed E-state index contributed by atoms with van der Waals surface area (Å²) in [5.41, 5.74) is -0.734. The highest BCUT2D eigenvalue weighted by Gasteiger charge is 2.37. The van der Waals surface area contributed by atoms with E-state index in [4.69, 9.17) is 18.9 Å². The molecule has 1 heterocycles. The van der Waals surface area contributed by atoms with Crippen LogP contribution in [-0.2, 0) is 28.5 Å². The van der Waals surface area contributed by atoms with Gasteiger partial charge in [-0.1, -0.05) is 6.92 Å². The molecule has 0 amide bonds. The van der Waals surface area contributed by atoms with Gasteiger partial charge in [0.1, 0.15) is 11.4 Å². The number of aliphatic hydroxyl groups is 2. The first-order chi connectivity index (χ1) is 14.2. The highest BCUT2D eigenvalue weighted by atomic mass is 16.7. The molecule has 0 saturated carbocycles. The monoisotopic (exact) mass is 442 g/mol. The van der Waals surface area contributed by atoms with Crippen molar-refractivity contribution < 1.29 is 38.7 Å². The van der Waals surface area contributed by atoms with E-state index in [2.05, 4.69) is 0 Å². The maximum absolute atomic E-state index is 12.6. The van der Waals surface area contributed by atoms with Crippen molar-refractivity contribution in [3.63, 3.8) is 0 Å². The molecule has 1 rings (SSSR count). The third-order valence-corrected chi connectivity index (χ3v) is 5.65. The molecule has 0 radical (unpaired) electrons. The van der Waals surface area contributed by atoms with Crippen LogP contribution in [0.15, 0.2) is 23.0 Å². The van der Waals surface area contributed by atoms with Crippen LogP contribution in [0.2, 0.25) is 0 Å². The minimum absolute atomic E-state index is 0.120. The van der Waals surface area contributed by atoms with E-state index in [-0.39, 0.29) is 18.6 Å². The quantitative estimate of drug-likeness (QED) is 0.269. The molecule has 0 unspecified atom stereocenters. The second kappa shape index (κ2) is 10.7. The van der Waals surface area contributed by atoms with Gasteiger partial charge in [0, 0.05) is 53.8 Å². The fourth-order valence-electron chi connectivity index (χ4n) is 3.50. The molecule has 0 aromatic carbocycles. The number of cyclic esters (lactones) is 1. The van der Waals surface area contributed by atoms with Gasteiger partial charge in [-0.2, -0.15) is 0 Å². The van der Waals surface area contributed by atoms with Crippen LogP contribution in [0.3, 0.4) is 0 Å². The molecule has 2 atom stereocenters. The molecule has 2 N–H and O–H groups in total. The molecular formula is C23H38O8. The van der Waals surface area contributed by atoms with Gasteiger partial charge in [-0.05, 0) is 38.8 Å². The Balaban J connectivity index is 2.86. The third kappa shape index (κ3) is 7.42. The van der Waals surface area contributed by atoms with E-state index >= 15 is 0 Å². The van der Waals surface area contributed by atoms with Gasteiger partial charge in [-0.25, -0.2) is 4.79 Å². The number of aliphatic hydroxyl groups excluding tert-OH is 1. The Labute approximate surface area is 185 Å². The Morgan fingerprint density at radius 3 is 2.32 bits per heavy atom. The number of allylic oxidation sites excluding steroid dienone is 2. The summed E-state index contributed by atoms with van der Waals surface area (Å²) in [7, 11) is 3.00. The van der Waals surface area contributed by atoms with Gasteiger partial charge in [0.25, 0.3) is 0 Å². The number of esters is 1. The molecule has 1 aliphatic rings. The molecule has 0 spiro atoms. The van der Waals surface area contributed by atoms with Gasteiger partial charge in [0.05, 0.1) is 11.7 Å². The van der Waals surface area contributed by atoms with E-state index in [1.54, 1.807) is 34.6 Å². The van der Waals surface area contributed by atoms with E-state index in [9.17, 15) is 19.8 Å². The van der Waals surface area contributed by atoms with Crippen LogP contribution in [0.1, 0.15) is 73.6 Å². The van der Waals surface area contributed by atoms with E-state index in [0.29, 0.717) is 36.2 Å². The summed E-state index contributed by atoms with van der Waals surface area (Å²) in [5.74, 6) is -2.21. The maximum Gasteiger partial charge on any atom is 0.340 e. The number of carbonyl (C=O) groups is 2. The molecule has 31 heavy (non-hydrogen) atoms. The Morgan fingerprint density at radius 2 is 1.81 bits per heavy atom. The first-order valence-corrected chi connectivity index (χ1v) is 10.6. The lowest BCUT2D eigenvalue weighted by Crippen LogP contribution is -2.38. The Morgan fingerprint density at radius 1 is 1.23 bits per heavy atom. The molecule has 0 aromatic rings. The van der Waals surface area contributed by atoms with Crippen LogP contribution < -0.4 is 0 Å². The predicted octanol–water partition coefficient (Wildman–Crippen LogP) is 3.16. The van der Waals surface area contributed by atoms with Crippen LogP contribution in [0.4, 0.5) is 0 Å². The number of carbonyl (C=O) groups excluding carboxylic acids is 2. The molecule has 8 heteroatoms. The Bertz CT molecular complexity index is 713. The highest BCUT2D eigenvalue weighted by molar-refractivity contribution is 5.94. The van der Waals surface area contributed by atoms with Gasteiger partial charge in [0.2, 0.25) is 5.79 Å². The smallest absolute Gasteiger partial charge is 0.340 e. The number of hydrogen-bond donors (Lipinski definition) is 2. The van der Waals surface area contributed by atoms with Crippen LogP contribution in [0.5, 0.6) is 0 Å². The van der Waals surface area contributed by atoms with Crippen molar-refractivity contribution in [2.75, 3.05) is 14.2 Å². The first kappa shape index (κ1) is 27.3. The summed E-state index contributed by atoms with van der Waals surface area (Å²) in [6.07, 6.45) is 1.91. The topological polar surface area (TPSA) is 112 Å². The normalized spacial score (nSPS) is 20.1. The van der Waals surface area contributed by atoms with Crippen molar-refractivity contribution >= 4 is 11.8 Å². The largest absolute Gasteiger partial charge is 0.457 e. The van der Waals surface area contributed by atoms with Crippen LogP contribution >= 0.6 is 0 Å². The number of methoxy groups -OCH3 is 2. The molecule has 1 aliphatic heterocycles. The second-order valence-corrected chi connectivity index (χ2v) is 8.66. The molecular weight excluding hydrogens is 404 g/mol. The molecule has 178 valence electrons. The second-order valence-electron chi connectivity index (χ2n) is 8.66. The van der Waals surface area contributed by atoms with Crippen LogP contribution in [0, 0.1) is 0 Å². The minimum atomic E-state index is -1.49. The summed E-state index contributed by atoms with van der Waals surface area (Å²) in [6.45, 7) is 9.80. The zero-order chi connectivity index (χ0) is 24.0. The first-order valence-electron chi connectivity index (χ1n) is 10.6. The van der Waals surface area contributed by atoms with Crippen molar-refractivity contribution in [2.45, 2.75) is 96.9 Å². The van der Waals surface area contributed by atoms with E-state index < -0.39 is 29.2 Å². The number of Topliss-reactive ketones (excluding diaryl/α,β-unsaturated/α-hetero) is 1. The average molecular weight is 443 g/mol. The lowest BCUT2D eigenvalue weighted by Gasteiger charge is -2.35. The highest BCUT2D eigenvalue weighted by Crippen LogP contribution is 2.33.